The van der Waals surface area contributed by atoms with E-state index in [1.807, 2.05) is 0 Å². The number of amides is 1. The molecule has 128 valence electrons. The molecule has 2 aromatic rings. The lowest BCUT2D eigenvalue weighted by molar-refractivity contribution is 0.102. The van der Waals surface area contributed by atoms with Gasteiger partial charge in [0.15, 0.2) is 0 Å². The third-order valence-corrected chi connectivity index (χ3v) is 4.07. The molecular formula is C15H14Cl2N2O4S. The Morgan fingerprint density at radius 3 is 2.42 bits per heavy atom. The lowest BCUT2D eigenvalue weighted by atomic mass is 10.2. The predicted octanol–water partition coefficient (Wildman–Crippen LogP) is 3.63. The highest BCUT2D eigenvalue weighted by Crippen LogP contribution is 2.29. The van der Waals surface area contributed by atoms with Crippen LogP contribution in [-0.4, -0.2) is 27.7 Å². The third kappa shape index (κ3) is 4.77. The molecule has 0 saturated heterocycles. The molecule has 0 unspecified atom stereocenters. The van der Waals surface area contributed by atoms with Crippen LogP contribution in [0.4, 0.5) is 11.4 Å². The number of carbonyl (C=O) groups excluding carboxylic acids is 1. The second-order valence-electron chi connectivity index (χ2n) is 4.87. The molecule has 0 radical (unpaired) electrons. The van der Waals surface area contributed by atoms with Gasteiger partial charge in [-0.25, -0.2) is 8.42 Å². The van der Waals surface area contributed by atoms with Crippen LogP contribution in [0, 0.1) is 0 Å². The average Bonchev–Trinajstić information content (AvgIpc) is 2.45. The van der Waals surface area contributed by atoms with Gasteiger partial charge in [0, 0.05) is 10.7 Å². The van der Waals surface area contributed by atoms with E-state index in [2.05, 4.69) is 10.0 Å². The Bertz CT molecular complexity index is 885. The first-order valence-electron chi connectivity index (χ1n) is 6.62. The lowest BCUT2D eigenvalue weighted by Crippen LogP contribution is -2.14. The fourth-order valence-electron chi connectivity index (χ4n) is 1.94. The summed E-state index contributed by atoms with van der Waals surface area (Å²) in [5, 5.41) is 3.27. The van der Waals surface area contributed by atoms with Gasteiger partial charge in [-0.1, -0.05) is 23.2 Å². The van der Waals surface area contributed by atoms with Gasteiger partial charge in [-0.2, -0.15) is 0 Å². The van der Waals surface area contributed by atoms with Gasteiger partial charge < -0.3 is 10.1 Å². The predicted molar refractivity (Wildman–Crippen MR) is 95.9 cm³/mol. The molecule has 0 aromatic heterocycles. The molecule has 0 heterocycles. The van der Waals surface area contributed by atoms with E-state index in [1.165, 1.54) is 31.4 Å². The fourth-order valence-corrected chi connectivity index (χ4v) is 2.99. The number of anilines is 2. The Hall–Kier alpha value is -1.96. The number of halogens is 2. The fraction of sp³-hybridized carbons (Fsp3) is 0.133. The van der Waals surface area contributed by atoms with E-state index in [0.29, 0.717) is 16.5 Å². The molecule has 0 aliphatic carbocycles. The van der Waals surface area contributed by atoms with Crippen molar-refractivity contribution in [2.45, 2.75) is 0 Å². The Labute approximate surface area is 149 Å². The first-order valence-corrected chi connectivity index (χ1v) is 9.26. The summed E-state index contributed by atoms with van der Waals surface area (Å²) in [7, 11) is -2.09. The van der Waals surface area contributed by atoms with Crippen LogP contribution in [0.15, 0.2) is 36.4 Å². The molecule has 0 spiro atoms. The summed E-state index contributed by atoms with van der Waals surface area (Å²) < 4.78 is 30.3. The van der Waals surface area contributed by atoms with Crippen molar-refractivity contribution in [1.82, 2.24) is 0 Å². The maximum absolute atomic E-state index is 12.3. The van der Waals surface area contributed by atoms with Crippen molar-refractivity contribution in [2.24, 2.45) is 0 Å². The zero-order chi connectivity index (χ0) is 17.9. The number of ether oxygens (including phenoxy) is 1. The van der Waals surface area contributed by atoms with Gasteiger partial charge in [0.1, 0.15) is 5.75 Å². The second kappa shape index (κ2) is 7.29. The van der Waals surface area contributed by atoms with Crippen molar-refractivity contribution in [3.8, 4) is 5.75 Å². The number of rotatable bonds is 5. The zero-order valence-electron chi connectivity index (χ0n) is 12.8. The highest BCUT2D eigenvalue weighted by Gasteiger charge is 2.14. The summed E-state index contributed by atoms with van der Waals surface area (Å²) >= 11 is 11.8. The summed E-state index contributed by atoms with van der Waals surface area (Å²) in [4.78, 5) is 12.3. The van der Waals surface area contributed by atoms with Gasteiger partial charge in [0.2, 0.25) is 10.0 Å². The highest BCUT2D eigenvalue weighted by molar-refractivity contribution is 7.92. The summed E-state index contributed by atoms with van der Waals surface area (Å²) in [6.07, 6.45) is 1.02. The Kier molecular flexibility index (Phi) is 5.58. The zero-order valence-corrected chi connectivity index (χ0v) is 15.1. The monoisotopic (exact) mass is 388 g/mol. The number of carbonyl (C=O) groups is 1. The first kappa shape index (κ1) is 18.4. The van der Waals surface area contributed by atoms with E-state index in [9.17, 15) is 13.2 Å². The number of hydrogen-bond donors (Lipinski definition) is 2. The van der Waals surface area contributed by atoms with Crippen LogP contribution in [0.25, 0.3) is 0 Å². The van der Waals surface area contributed by atoms with Crippen molar-refractivity contribution < 1.29 is 17.9 Å². The van der Waals surface area contributed by atoms with Gasteiger partial charge in [0.25, 0.3) is 5.91 Å². The van der Waals surface area contributed by atoms with E-state index >= 15 is 0 Å². The number of methoxy groups -OCH3 is 1. The molecule has 0 saturated carbocycles. The largest absolute Gasteiger partial charge is 0.495 e. The van der Waals surface area contributed by atoms with E-state index in [1.54, 1.807) is 12.1 Å². The van der Waals surface area contributed by atoms with Crippen LogP contribution in [-0.2, 0) is 10.0 Å². The van der Waals surface area contributed by atoms with Gasteiger partial charge >= 0.3 is 0 Å². The maximum Gasteiger partial charge on any atom is 0.257 e. The van der Waals surface area contributed by atoms with Crippen molar-refractivity contribution in [1.29, 1.82) is 0 Å². The van der Waals surface area contributed by atoms with Crippen LogP contribution in [0.1, 0.15) is 10.4 Å². The number of nitrogens with one attached hydrogen (secondary N) is 2. The number of hydrogen-bond acceptors (Lipinski definition) is 4. The molecular weight excluding hydrogens is 375 g/mol. The molecule has 6 nitrogen and oxygen atoms in total. The molecule has 9 heteroatoms. The van der Waals surface area contributed by atoms with Crippen LogP contribution in [0.2, 0.25) is 10.0 Å². The molecule has 2 rings (SSSR count). The van der Waals surface area contributed by atoms with Gasteiger partial charge in [-0.3, -0.25) is 9.52 Å². The Morgan fingerprint density at radius 2 is 1.83 bits per heavy atom. The molecule has 0 atom stereocenters. The first-order chi connectivity index (χ1) is 11.2. The summed E-state index contributed by atoms with van der Waals surface area (Å²) in [5.74, 6) is -0.130. The molecule has 1 amide bonds. The van der Waals surface area contributed by atoms with Crippen molar-refractivity contribution in [3.63, 3.8) is 0 Å². The second-order valence-corrected chi connectivity index (χ2v) is 7.46. The topological polar surface area (TPSA) is 84.5 Å². The minimum absolute atomic E-state index is 0.208. The van der Waals surface area contributed by atoms with Gasteiger partial charge in [0.05, 0.1) is 29.6 Å². The number of sulfonamides is 1. The quantitative estimate of drug-likeness (QED) is 0.818. The smallest absolute Gasteiger partial charge is 0.257 e. The minimum atomic E-state index is -3.50. The molecule has 0 aliphatic rings. The standard InChI is InChI=1S/C15H14Cl2N2O4S/c1-23-14-6-4-10(8-13(14)19-24(2,21)22)18-15(20)11-5-3-9(16)7-12(11)17/h3-8,19H,1-2H3,(H,18,20). The minimum Gasteiger partial charge on any atom is -0.495 e. The lowest BCUT2D eigenvalue weighted by Gasteiger charge is -2.13. The maximum atomic E-state index is 12.3. The normalized spacial score (nSPS) is 11.0. The van der Waals surface area contributed by atoms with Crippen molar-refractivity contribution in [3.05, 3.63) is 52.0 Å². The SMILES string of the molecule is COc1ccc(NC(=O)c2ccc(Cl)cc2Cl)cc1NS(C)(=O)=O. The Balaban J connectivity index is 2.29. The van der Waals surface area contributed by atoms with Crippen LogP contribution >= 0.6 is 23.2 Å². The summed E-state index contributed by atoms with van der Waals surface area (Å²) in [6, 6.07) is 9.07. The average molecular weight is 389 g/mol. The van der Waals surface area contributed by atoms with Gasteiger partial charge in [-0.05, 0) is 36.4 Å². The molecule has 2 aromatic carbocycles. The van der Waals surface area contributed by atoms with Crippen molar-refractivity contribution >= 4 is 50.5 Å². The van der Waals surface area contributed by atoms with Crippen molar-refractivity contribution in [2.75, 3.05) is 23.4 Å². The molecule has 24 heavy (non-hydrogen) atoms. The van der Waals surface area contributed by atoms with Crippen LogP contribution in [0.5, 0.6) is 5.75 Å². The summed E-state index contributed by atoms with van der Waals surface area (Å²) in [6.45, 7) is 0. The Morgan fingerprint density at radius 1 is 1.12 bits per heavy atom. The van der Waals surface area contributed by atoms with Gasteiger partial charge in [-0.15, -0.1) is 0 Å². The van der Waals surface area contributed by atoms with Crippen LogP contribution in [0.3, 0.4) is 0 Å². The van der Waals surface area contributed by atoms with E-state index in [4.69, 9.17) is 27.9 Å². The highest BCUT2D eigenvalue weighted by atomic mass is 35.5. The van der Waals surface area contributed by atoms with Crippen LogP contribution < -0.4 is 14.8 Å². The van der Waals surface area contributed by atoms with E-state index in [0.717, 1.165) is 6.26 Å². The molecule has 0 fully saturated rings. The third-order valence-electron chi connectivity index (χ3n) is 2.93. The molecule has 0 bridgehead atoms. The number of benzene rings is 2. The van der Waals surface area contributed by atoms with E-state index < -0.39 is 15.9 Å². The summed E-state index contributed by atoms with van der Waals surface area (Å²) in [5.41, 5.74) is 0.826. The van der Waals surface area contributed by atoms with E-state index in [-0.39, 0.29) is 16.3 Å². The molecule has 2 N–H and O–H groups in total. The molecule has 0 aliphatic heterocycles.